The zero-order valence-corrected chi connectivity index (χ0v) is 10.2. The first-order valence-corrected chi connectivity index (χ1v) is 6.62. The van der Waals surface area contributed by atoms with E-state index in [1.165, 1.54) is 0 Å². The Kier molecular flexibility index (Phi) is 3.69. The Morgan fingerprint density at radius 3 is 2.35 bits per heavy atom. The summed E-state index contributed by atoms with van der Waals surface area (Å²) in [5.74, 6) is -0.199. The van der Waals surface area contributed by atoms with Crippen molar-refractivity contribution in [2.45, 2.75) is 63.3 Å². The van der Waals surface area contributed by atoms with Crippen molar-refractivity contribution < 1.29 is 14.7 Å². The van der Waals surface area contributed by atoms with Gasteiger partial charge in [0.05, 0.1) is 12.0 Å². The highest BCUT2D eigenvalue weighted by Gasteiger charge is 2.36. The highest BCUT2D eigenvalue weighted by molar-refractivity contribution is 5.78. The van der Waals surface area contributed by atoms with Crippen LogP contribution in [0.25, 0.3) is 0 Å². The smallest absolute Gasteiger partial charge is 0.305 e. The van der Waals surface area contributed by atoms with Gasteiger partial charge in [-0.1, -0.05) is 19.3 Å². The largest absolute Gasteiger partial charge is 0.481 e. The van der Waals surface area contributed by atoms with Crippen LogP contribution in [0.3, 0.4) is 0 Å². The van der Waals surface area contributed by atoms with Gasteiger partial charge in [0, 0.05) is 6.42 Å². The van der Waals surface area contributed by atoms with Crippen LogP contribution in [0.5, 0.6) is 0 Å². The van der Waals surface area contributed by atoms with Crippen LogP contribution < -0.4 is 5.32 Å². The molecule has 2 aliphatic carbocycles. The number of aliphatic carboxylic acids is 1. The lowest BCUT2D eigenvalue weighted by atomic mass is 9.79. The fourth-order valence-electron chi connectivity index (χ4n) is 2.79. The average Bonchev–Trinajstić information content (AvgIpc) is 3.01. The summed E-state index contributed by atoms with van der Waals surface area (Å²) >= 11 is 0. The lowest BCUT2D eigenvalue weighted by Gasteiger charge is -2.37. The molecule has 4 heteroatoms. The van der Waals surface area contributed by atoms with Crippen LogP contribution in [0, 0.1) is 5.92 Å². The fourth-order valence-corrected chi connectivity index (χ4v) is 2.79. The van der Waals surface area contributed by atoms with Crippen LogP contribution in [-0.2, 0) is 9.59 Å². The third-order valence-electron chi connectivity index (χ3n) is 3.88. The van der Waals surface area contributed by atoms with Gasteiger partial charge in [0.1, 0.15) is 0 Å². The van der Waals surface area contributed by atoms with Gasteiger partial charge in [-0.25, -0.2) is 0 Å². The summed E-state index contributed by atoms with van der Waals surface area (Å²) in [7, 11) is 0. The van der Waals surface area contributed by atoms with Gasteiger partial charge in [0.2, 0.25) is 5.91 Å². The van der Waals surface area contributed by atoms with Crippen molar-refractivity contribution in [2.75, 3.05) is 0 Å². The Bertz CT molecular complexity index is 304. The number of rotatable bonds is 5. The second kappa shape index (κ2) is 5.07. The molecule has 96 valence electrons. The predicted octanol–water partition coefficient (Wildman–Crippen LogP) is 2.08. The van der Waals surface area contributed by atoms with Gasteiger partial charge >= 0.3 is 5.97 Å². The predicted molar refractivity (Wildman–Crippen MR) is 63.6 cm³/mol. The highest BCUT2D eigenvalue weighted by atomic mass is 16.4. The minimum atomic E-state index is -0.807. The molecule has 4 nitrogen and oxygen atoms in total. The van der Waals surface area contributed by atoms with E-state index in [0.717, 1.165) is 44.9 Å². The van der Waals surface area contributed by atoms with E-state index in [4.69, 9.17) is 5.11 Å². The first-order chi connectivity index (χ1) is 8.10. The Labute approximate surface area is 102 Å². The second-order valence-electron chi connectivity index (χ2n) is 5.61. The number of hydrogen-bond donors (Lipinski definition) is 2. The molecule has 1 amide bonds. The summed E-state index contributed by atoms with van der Waals surface area (Å²) in [5.41, 5.74) is -0.462. The van der Waals surface area contributed by atoms with Gasteiger partial charge < -0.3 is 10.4 Å². The number of hydrogen-bond acceptors (Lipinski definition) is 2. The van der Waals surface area contributed by atoms with Gasteiger partial charge in [0.25, 0.3) is 0 Å². The Balaban J connectivity index is 1.93. The van der Waals surface area contributed by atoms with Crippen LogP contribution in [-0.4, -0.2) is 22.5 Å². The molecule has 2 N–H and O–H groups in total. The fraction of sp³-hybridized carbons (Fsp3) is 0.846. The van der Waals surface area contributed by atoms with Gasteiger partial charge in [0.15, 0.2) is 0 Å². The van der Waals surface area contributed by atoms with E-state index >= 15 is 0 Å². The summed E-state index contributed by atoms with van der Waals surface area (Å²) in [5, 5.41) is 12.0. The van der Waals surface area contributed by atoms with Crippen molar-refractivity contribution in [3.05, 3.63) is 0 Å². The van der Waals surface area contributed by atoms with E-state index in [1.807, 2.05) is 0 Å². The first kappa shape index (κ1) is 12.4. The normalized spacial score (nSPS) is 23.1. The van der Waals surface area contributed by atoms with Crippen LogP contribution in [0.15, 0.2) is 0 Å². The Morgan fingerprint density at radius 2 is 1.82 bits per heavy atom. The van der Waals surface area contributed by atoms with Crippen molar-refractivity contribution in [3.8, 4) is 0 Å². The molecule has 0 unspecified atom stereocenters. The van der Waals surface area contributed by atoms with E-state index in [-0.39, 0.29) is 12.3 Å². The van der Waals surface area contributed by atoms with E-state index in [1.54, 1.807) is 0 Å². The Hall–Kier alpha value is -1.06. The van der Waals surface area contributed by atoms with Crippen LogP contribution >= 0.6 is 0 Å². The summed E-state index contributed by atoms with van der Waals surface area (Å²) in [6.07, 6.45) is 7.79. The van der Waals surface area contributed by atoms with Crippen LogP contribution in [0.4, 0.5) is 0 Å². The molecular formula is C13H21NO3. The quantitative estimate of drug-likeness (QED) is 0.772. The number of amides is 1. The minimum Gasteiger partial charge on any atom is -0.481 e. The molecule has 0 atom stereocenters. The molecule has 0 aromatic rings. The molecule has 0 bridgehead atoms. The number of carbonyl (C=O) groups excluding carboxylic acids is 1. The standard InChI is InChI=1S/C13H21NO3/c15-11(8-10-4-5-10)14-13(9-12(16)17)6-2-1-3-7-13/h10H,1-9H2,(H,14,15)(H,16,17). The van der Waals surface area contributed by atoms with Gasteiger partial charge in [-0.15, -0.1) is 0 Å². The minimum absolute atomic E-state index is 0.0515. The second-order valence-corrected chi connectivity index (χ2v) is 5.61. The molecule has 0 heterocycles. The maximum Gasteiger partial charge on any atom is 0.305 e. The molecule has 2 rings (SSSR count). The summed E-state index contributed by atoms with van der Waals surface area (Å²) in [6, 6.07) is 0. The molecule has 2 fully saturated rings. The first-order valence-electron chi connectivity index (χ1n) is 6.62. The molecule has 2 saturated carbocycles. The zero-order valence-electron chi connectivity index (χ0n) is 10.2. The monoisotopic (exact) mass is 239 g/mol. The van der Waals surface area contributed by atoms with E-state index < -0.39 is 11.5 Å². The molecule has 0 spiro atoms. The SMILES string of the molecule is O=C(O)CC1(NC(=O)CC2CC2)CCCCC1. The van der Waals surface area contributed by atoms with Crippen LogP contribution in [0.2, 0.25) is 0 Å². The number of nitrogens with one attached hydrogen (secondary N) is 1. The van der Waals surface area contributed by atoms with E-state index in [0.29, 0.717) is 12.3 Å². The molecular weight excluding hydrogens is 218 g/mol. The number of carboxylic acids is 1. The third kappa shape index (κ3) is 3.72. The molecule has 0 aromatic heterocycles. The van der Waals surface area contributed by atoms with Crippen molar-refractivity contribution >= 4 is 11.9 Å². The van der Waals surface area contributed by atoms with E-state index in [2.05, 4.69) is 5.32 Å². The molecule has 0 aromatic carbocycles. The zero-order chi connectivity index (χ0) is 12.3. The van der Waals surface area contributed by atoms with Crippen molar-refractivity contribution in [1.29, 1.82) is 0 Å². The lowest BCUT2D eigenvalue weighted by molar-refractivity contribution is -0.139. The van der Waals surface area contributed by atoms with Gasteiger partial charge in [-0.05, 0) is 31.6 Å². The number of carboxylic acid groups (broad SMARTS) is 1. The maximum atomic E-state index is 11.8. The van der Waals surface area contributed by atoms with Crippen molar-refractivity contribution in [3.63, 3.8) is 0 Å². The summed E-state index contributed by atoms with van der Waals surface area (Å²) < 4.78 is 0. The van der Waals surface area contributed by atoms with Crippen molar-refractivity contribution in [2.24, 2.45) is 5.92 Å². The molecule has 0 radical (unpaired) electrons. The molecule has 17 heavy (non-hydrogen) atoms. The third-order valence-corrected chi connectivity index (χ3v) is 3.88. The Morgan fingerprint density at radius 1 is 1.18 bits per heavy atom. The highest BCUT2D eigenvalue weighted by Crippen LogP contribution is 2.34. The topological polar surface area (TPSA) is 66.4 Å². The van der Waals surface area contributed by atoms with Gasteiger partial charge in [-0.3, -0.25) is 9.59 Å². The van der Waals surface area contributed by atoms with Crippen LogP contribution in [0.1, 0.15) is 57.8 Å². The summed E-state index contributed by atoms with van der Waals surface area (Å²) in [4.78, 5) is 22.8. The molecule has 2 aliphatic rings. The summed E-state index contributed by atoms with van der Waals surface area (Å²) in [6.45, 7) is 0. The molecule has 0 aliphatic heterocycles. The van der Waals surface area contributed by atoms with E-state index in [9.17, 15) is 9.59 Å². The maximum absolute atomic E-state index is 11.8. The lowest BCUT2D eigenvalue weighted by Crippen LogP contribution is -2.51. The van der Waals surface area contributed by atoms with Crippen molar-refractivity contribution in [1.82, 2.24) is 5.32 Å². The average molecular weight is 239 g/mol. The number of carbonyl (C=O) groups is 2. The van der Waals surface area contributed by atoms with Gasteiger partial charge in [-0.2, -0.15) is 0 Å². The molecule has 0 saturated heterocycles.